The van der Waals surface area contributed by atoms with E-state index in [1.807, 2.05) is 27.7 Å². The molecule has 0 aromatic rings. The summed E-state index contributed by atoms with van der Waals surface area (Å²) in [6.07, 6.45) is 2.57. The lowest BCUT2D eigenvalue weighted by atomic mass is 10.0. The number of rotatable bonds is 13. The number of carbonyl (C=O) groups excluding carboxylic acids is 2. The average molecular weight is 373 g/mol. The number of carboxylic acids is 1. The standard InChI is InChI=1S/C18H36N4O4/c1-11(2)9-13(20)16(23)21-14(7-5-6-8-19)17(24)22-15(18(25)26)10-12(3)4/h11-15H,5-10,19-20H2,1-4H3,(H,21,23)(H,22,24)(H,25,26)/t13-,14-,15+/m1/s1. The third kappa shape index (κ3) is 10.4. The van der Waals surface area contributed by atoms with Gasteiger partial charge in [-0.3, -0.25) is 9.59 Å². The van der Waals surface area contributed by atoms with Crippen LogP contribution in [0, 0.1) is 11.8 Å². The maximum atomic E-state index is 12.6. The Morgan fingerprint density at radius 3 is 1.88 bits per heavy atom. The van der Waals surface area contributed by atoms with Crippen LogP contribution in [0.25, 0.3) is 0 Å². The smallest absolute Gasteiger partial charge is 0.326 e. The van der Waals surface area contributed by atoms with Gasteiger partial charge in [-0.15, -0.1) is 0 Å². The number of unbranched alkanes of at least 4 members (excludes halogenated alkanes) is 1. The van der Waals surface area contributed by atoms with E-state index in [1.54, 1.807) is 0 Å². The summed E-state index contributed by atoms with van der Waals surface area (Å²) in [5.74, 6) is -1.62. The lowest BCUT2D eigenvalue weighted by Gasteiger charge is -2.24. The van der Waals surface area contributed by atoms with Crippen molar-refractivity contribution in [1.29, 1.82) is 0 Å². The topological polar surface area (TPSA) is 148 Å². The third-order valence-electron chi connectivity index (χ3n) is 3.96. The van der Waals surface area contributed by atoms with Crippen molar-refractivity contribution in [2.45, 2.75) is 77.9 Å². The Morgan fingerprint density at radius 1 is 0.885 bits per heavy atom. The van der Waals surface area contributed by atoms with Gasteiger partial charge in [0.05, 0.1) is 6.04 Å². The number of carbonyl (C=O) groups is 3. The van der Waals surface area contributed by atoms with Gasteiger partial charge in [-0.05, 0) is 50.5 Å². The predicted octanol–water partition coefficient (Wildman–Crippen LogP) is 0.589. The molecule has 0 aromatic heterocycles. The van der Waals surface area contributed by atoms with Crippen LogP contribution in [0.15, 0.2) is 0 Å². The molecule has 7 N–H and O–H groups in total. The number of amides is 2. The first-order valence-electron chi connectivity index (χ1n) is 9.37. The number of hydrogen-bond acceptors (Lipinski definition) is 5. The molecule has 0 aliphatic carbocycles. The van der Waals surface area contributed by atoms with Crippen LogP contribution in [-0.2, 0) is 14.4 Å². The monoisotopic (exact) mass is 372 g/mol. The molecule has 8 nitrogen and oxygen atoms in total. The molecular formula is C18H36N4O4. The minimum Gasteiger partial charge on any atom is -0.480 e. The minimum absolute atomic E-state index is 0.112. The van der Waals surface area contributed by atoms with Crippen molar-refractivity contribution in [3.05, 3.63) is 0 Å². The van der Waals surface area contributed by atoms with Gasteiger partial charge >= 0.3 is 5.97 Å². The first kappa shape index (κ1) is 24.3. The number of nitrogens with two attached hydrogens (primary N) is 2. The van der Waals surface area contributed by atoms with Crippen LogP contribution in [0.5, 0.6) is 0 Å². The molecule has 0 aliphatic rings. The number of nitrogens with one attached hydrogen (secondary N) is 2. The summed E-state index contributed by atoms with van der Waals surface area (Å²) in [6.45, 7) is 8.17. The summed E-state index contributed by atoms with van der Waals surface area (Å²) in [4.78, 5) is 36.2. The Bertz CT molecular complexity index is 454. The second-order valence-electron chi connectivity index (χ2n) is 7.61. The molecule has 0 bridgehead atoms. The SMILES string of the molecule is CC(C)C[C@@H](N)C(=O)N[C@H](CCCCN)C(=O)N[C@@H](CC(C)C)C(=O)O. The Labute approximate surface area is 156 Å². The fourth-order valence-corrected chi connectivity index (χ4v) is 2.62. The lowest BCUT2D eigenvalue weighted by Crippen LogP contribution is -2.54. The van der Waals surface area contributed by atoms with E-state index in [2.05, 4.69) is 10.6 Å². The molecule has 0 saturated heterocycles. The molecule has 0 rings (SSSR count). The lowest BCUT2D eigenvalue weighted by molar-refractivity contribution is -0.142. The van der Waals surface area contributed by atoms with Gasteiger partial charge in [0.2, 0.25) is 11.8 Å². The summed E-state index contributed by atoms with van der Waals surface area (Å²) in [6, 6.07) is -2.51. The molecule has 0 radical (unpaired) electrons. The fraction of sp³-hybridized carbons (Fsp3) is 0.833. The predicted molar refractivity (Wildman–Crippen MR) is 101 cm³/mol. The third-order valence-corrected chi connectivity index (χ3v) is 3.96. The zero-order valence-electron chi connectivity index (χ0n) is 16.5. The van der Waals surface area contributed by atoms with Gasteiger partial charge in [-0.25, -0.2) is 4.79 Å². The highest BCUT2D eigenvalue weighted by Crippen LogP contribution is 2.08. The van der Waals surface area contributed by atoms with Crippen LogP contribution in [0.4, 0.5) is 0 Å². The number of hydrogen-bond donors (Lipinski definition) is 5. The molecule has 0 heterocycles. The summed E-state index contributed by atoms with van der Waals surface area (Å²) < 4.78 is 0. The van der Waals surface area contributed by atoms with Crippen LogP contribution in [0.3, 0.4) is 0 Å². The van der Waals surface area contributed by atoms with Crippen LogP contribution < -0.4 is 22.1 Å². The van der Waals surface area contributed by atoms with E-state index < -0.39 is 35.9 Å². The molecule has 0 aliphatic heterocycles. The molecule has 0 aromatic carbocycles. The van der Waals surface area contributed by atoms with Gasteiger partial charge in [0.1, 0.15) is 12.1 Å². The van der Waals surface area contributed by atoms with Crippen LogP contribution in [0.1, 0.15) is 59.8 Å². The van der Waals surface area contributed by atoms with Gasteiger partial charge in [0.25, 0.3) is 0 Å². The van der Waals surface area contributed by atoms with E-state index in [-0.39, 0.29) is 11.8 Å². The summed E-state index contributed by atoms with van der Waals surface area (Å²) in [5.41, 5.74) is 11.4. The Kier molecular flexibility index (Phi) is 11.8. The van der Waals surface area contributed by atoms with Crippen LogP contribution in [-0.4, -0.2) is 47.6 Å². The molecule has 0 saturated carbocycles. The fourth-order valence-electron chi connectivity index (χ4n) is 2.62. The quantitative estimate of drug-likeness (QED) is 0.299. The first-order valence-corrected chi connectivity index (χ1v) is 9.37. The zero-order valence-corrected chi connectivity index (χ0v) is 16.5. The van der Waals surface area contributed by atoms with Crippen molar-refractivity contribution >= 4 is 17.8 Å². The highest BCUT2D eigenvalue weighted by Gasteiger charge is 2.28. The van der Waals surface area contributed by atoms with Gasteiger partial charge in [-0.2, -0.15) is 0 Å². The number of aliphatic carboxylic acids is 1. The first-order chi connectivity index (χ1) is 12.1. The van der Waals surface area contributed by atoms with Gasteiger partial charge in [-0.1, -0.05) is 27.7 Å². The van der Waals surface area contributed by atoms with E-state index in [0.29, 0.717) is 38.6 Å². The van der Waals surface area contributed by atoms with Gasteiger partial charge < -0.3 is 27.2 Å². The van der Waals surface area contributed by atoms with E-state index in [0.717, 1.165) is 0 Å². The van der Waals surface area contributed by atoms with E-state index in [1.165, 1.54) is 0 Å². The Hall–Kier alpha value is -1.67. The normalized spacial score (nSPS) is 14.8. The molecule has 152 valence electrons. The van der Waals surface area contributed by atoms with Crippen molar-refractivity contribution in [3.63, 3.8) is 0 Å². The summed E-state index contributed by atoms with van der Waals surface area (Å²) >= 11 is 0. The largest absolute Gasteiger partial charge is 0.480 e. The highest BCUT2D eigenvalue weighted by atomic mass is 16.4. The van der Waals surface area contributed by atoms with Crippen LogP contribution >= 0.6 is 0 Å². The molecule has 0 fully saturated rings. The zero-order chi connectivity index (χ0) is 20.3. The van der Waals surface area contributed by atoms with E-state index in [9.17, 15) is 19.5 Å². The molecular weight excluding hydrogens is 336 g/mol. The highest BCUT2D eigenvalue weighted by molar-refractivity contribution is 5.91. The number of carboxylic acid groups (broad SMARTS) is 1. The Balaban J connectivity index is 4.99. The summed E-state index contributed by atoms with van der Waals surface area (Å²) in [5, 5.41) is 14.5. The molecule has 8 heteroatoms. The molecule has 3 atom stereocenters. The van der Waals surface area contributed by atoms with Crippen molar-refractivity contribution < 1.29 is 19.5 Å². The molecule has 0 unspecified atom stereocenters. The van der Waals surface area contributed by atoms with Crippen molar-refractivity contribution in [1.82, 2.24) is 10.6 Å². The molecule has 0 spiro atoms. The van der Waals surface area contributed by atoms with Crippen LogP contribution in [0.2, 0.25) is 0 Å². The molecule has 2 amide bonds. The van der Waals surface area contributed by atoms with E-state index >= 15 is 0 Å². The van der Waals surface area contributed by atoms with Crippen molar-refractivity contribution in [2.75, 3.05) is 6.54 Å². The maximum Gasteiger partial charge on any atom is 0.326 e. The van der Waals surface area contributed by atoms with Crippen molar-refractivity contribution in [2.24, 2.45) is 23.3 Å². The Morgan fingerprint density at radius 2 is 1.42 bits per heavy atom. The second-order valence-corrected chi connectivity index (χ2v) is 7.61. The molecule has 26 heavy (non-hydrogen) atoms. The maximum absolute atomic E-state index is 12.6. The van der Waals surface area contributed by atoms with Crippen molar-refractivity contribution in [3.8, 4) is 0 Å². The second kappa shape index (κ2) is 12.6. The minimum atomic E-state index is -1.09. The van der Waals surface area contributed by atoms with Gasteiger partial charge in [0.15, 0.2) is 0 Å². The average Bonchev–Trinajstić information content (AvgIpc) is 2.51. The van der Waals surface area contributed by atoms with E-state index in [4.69, 9.17) is 11.5 Å². The van der Waals surface area contributed by atoms with Gasteiger partial charge in [0, 0.05) is 0 Å². The summed E-state index contributed by atoms with van der Waals surface area (Å²) in [7, 11) is 0.